The van der Waals surface area contributed by atoms with E-state index in [1.165, 1.54) is 33.2 Å². The van der Waals surface area contributed by atoms with Gasteiger partial charge in [0.25, 0.3) is 6.33 Å². The van der Waals surface area contributed by atoms with Crippen molar-refractivity contribution in [2.45, 2.75) is 90.9 Å². The summed E-state index contributed by atoms with van der Waals surface area (Å²) in [6.07, 6.45) is 9.82. The van der Waals surface area contributed by atoms with Crippen LogP contribution in [0.2, 0.25) is 0 Å². The quantitative estimate of drug-likeness (QED) is 0.107. The highest BCUT2D eigenvalue weighted by molar-refractivity contribution is 6.09. The van der Waals surface area contributed by atoms with E-state index in [0.717, 1.165) is 50.7 Å². The van der Waals surface area contributed by atoms with Gasteiger partial charge < -0.3 is 4.74 Å². The van der Waals surface area contributed by atoms with Crippen LogP contribution in [0.15, 0.2) is 170 Å². The van der Waals surface area contributed by atoms with Gasteiger partial charge in [0.15, 0.2) is 0 Å². The third kappa shape index (κ3) is 7.97. The van der Waals surface area contributed by atoms with Crippen molar-refractivity contribution in [3.05, 3.63) is 210 Å². The summed E-state index contributed by atoms with van der Waals surface area (Å²) < 4.78 is 13.4. The van der Waals surface area contributed by atoms with E-state index in [1.807, 2.05) is 6.20 Å². The molecule has 6 aromatic carbocycles. The van der Waals surface area contributed by atoms with E-state index in [4.69, 9.17) is 9.72 Å². The number of ether oxygens (including phenoxy) is 1. The van der Waals surface area contributed by atoms with Crippen molar-refractivity contribution in [2.24, 2.45) is 0 Å². The zero-order chi connectivity index (χ0) is 44.3. The Morgan fingerprint density at radius 1 is 0.492 bits per heavy atom. The van der Waals surface area contributed by atoms with Gasteiger partial charge in [-0.25, -0.2) is 4.98 Å². The summed E-state index contributed by atoms with van der Waals surface area (Å²) in [5.41, 5.74) is 11.0. The molecule has 5 nitrogen and oxygen atoms in total. The topological polar surface area (TPSA) is 35.9 Å². The van der Waals surface area contributed by atoms with E-state index >= 15 is 0 Å². The first-order chi connectivity index (χ1) is 30.0. The normalized spacial score (nSPS) is 12.6. The van der Waals surface area contributed by atoms with Crippen molar-refractivity contribution < 1.29 is 9.30 Å². The van der Waals surface area contributed by atoms with Gasteiger partial charge in [-0.1, -0.05) is 154 Å². The lowest BCUT2D eigenvalue weighted by molar-refractivity contribution is -0.599. The van der Waals surface area contributed by atoms with Crippen molar-refractivity contribution in [2.75, 3.05) is 0 Å². The maximum Gasteiger partial charge on any atom is 0.268 e. The summed E-state index contributed by atoms with van der Waals surface area (Å²) in [5, 5.41) is 2.33. The zero-order valence-corrected chi connectivity index (χ0v) is 38.4. The van der Waals surface area contributed by atoms with E-state index < -0.39 is 0 Å². The molecule has 0 spiro atoms. The fourth-order valence-corrected chi connectivity index (χ4v) is 8.74. The minimum Gasteiger partial charge on any atom is -0.458 e. The molecule has 316 valence electrons. The van der Waals surface area contributed by atoms with Gasteiger partial charge in [-0.15, -0.1) is 0 Å². The van der Waals surface area contributed by atoms with Crippen LogP contribution in [0.5, 0.6) is 11.5 Å². The van der Waals surface area contributed by atoms with Crippen LogP contribution in [-0.2, 0) is 21.7 Å². The summed E-state index contributed by atoms with van der Waals surface area (Å²) >= 11 is 0. The number of nitrogens with zero attached hydrogens (tertiary/aromatic N) is 4. The largest absolute Gasteiger partial charge is 0.458 e. The lowest BCUT2D eigenvalue weighted by Gasteiger charge is -2.30. The number of pyridine rings is 1. The number of rotatable bonds is 9. The standard InChI is InChI=1S/C58H58N4O/c1-55(2,3)42-27-28-59-54(36-42)62-52-24-18-17-23-50(52)51-26-25-48(38-53(51)62)63-49-35-45(58(9,10)41-21-15-12-16-22-41)34-47(37-49)61-30-29-60(39-61)46-32-43(56(4,5)6)31-44(33-46)57(7,8)40-19-13-11-14-20-40/h11-38H,1-10H3. The molecule has 3 aromatic heterocycles. The molecule has 9 aromatic rings. The molecular weight excluding hydrogens is 769 g/mol. The fraction of sp³-hybridized carbons (Fsp3) is 0.241. The first-order valence-electron chi connectivity index (χ1n) is 22.1. The van der Waals surface area contributed by atoms with Gasteiger partial charge in [0.2, 0.25) is 0 Å². The molecular formula is C58H58N4O. The van der Waals surface area contributed by atoms with Gasteiger partial charge in [-0.3, -0.25) is 13.7 Å². The number of aromatic nitrogens is 4. The van der Waals surface area contributed by atoms with Gasteiger partial charge >= 0.3 is 0 Å². The molecule has 0 amide bonds. The van der Waals surface area contributed by atoms with Gasteiger partial charge in [0, 0.05) is 46.3 Å². The molecule has 0 saturated carbocycles. The molecule has 0 N–H and O–H groups in total. The first kappa shape index (κ1) is 41.6. The van der Waals surface area contributed by atoms with Crippen molar-refractivity contribution in [3.63, 3.8) is 0 Å². The van der Waals surface area contributed by atoms with E-state index in [9.17, 15) is 0 Å². The van der Waals surface area contributed by atoms with Gasteiger partial charge in [0.05, 0.1) is 22.4 Å². The molecule has 0 aliphatic rings. The molecule has 0 saturated heterocycles. The minimum atomic E-state index is -0.322. The molecule has 0 unspecified atom stereocenters. The molecule has 0 bridgehead atoms. The van der Waals surface area contributed by atoms with Crippen LogP contribution in [0.25, 0.3) is 39.0 Å². The highest BCUT2D eigenvalue weighted by atomic mass is 16.5. The summed E-state index contributed by atoms with van der Waals surface area (Å²) in [7, 11) is 0. The van der Waals surface area contributed by atoms with E-state index in [0.29, 0.717) is 0 Å². The van der Waals surface area contributed by atoms with Crippen LogP contribution >= 0.6 is 0 Å². The lowest BCUT2D eigenvalue weighted by atomic mass is 9.75. The lowest BCUT2D eigenvalue weighted by Crippen LogP contribution is -2.31. The highest BCUT2D eigenvalue weighted by Crippen LogP contribution is 2.40. The van der Waals surface area contributed by atoms with Gasteiger partial charge in [-0.05, 0) is 105 Å². The Kier molecular flexibility index (Phi) is 10.3. The Bertz CT molecular complexity index is 3100. The highest BCUT2D eigenvalue weighted by Gasteiger charge is 2.28. The number of imidazole rings is 1. The average molecular weight is 827 g/mol. The van der Waals surface area contributed by atoms with Gasteiger partial charge in [0.1, 0.15) is 17.3 Å². The van der Waals surface area contributed by atoms with Gasteiger partial charge in [-0.2, -0.15) is 0 Å². The molecule has 63 heavy (non-hydrogen) atoms. The predicted octanol–water partition coefficient (Wildman–Crippen LogP) is 14.1. The van der Waals surface area contributed by atoms with Crippen LogP contribution in [-0.4, -0.2) is 14.1 Å². The average Bonchev–Trinajstić information content (AvgIpc) is 3.90. The second-order valence-electron chi connectivity index (χ2n) is 20.1. The summed E-state index contributed by atoms with van der Waals surface area (Å²) in [4.78, 5) is 4.91. The van der Waals surface area contributed by atoms with Crippen LogP contribution < -0.4 is 9.30 Å². The Morgan fingerprint density at radius 3 is 1.76 bits per heavy atom. The Labute approximate surface area is 373 Å². The van der Waals surface area contributed by atoms with E-state index in [1.54, 1.807) is 0 Å². The first-order valence-corrected chi connectivity index (χ1v) is 22.1. The van der Waals surface area contributed by atoms with E-state index in [2.05, 4.69) is 253 Å². The van der Waals surface area contributed by atoms with Crippen LogP contribution in [0.1, 0.15) is 103 Å². The predicted molar refractivity (Wildman–Crippen MR) is 259 cm³/mol. The molecule has 0 atom stereocenters. The monoisotopic (exact) mass is 826 g/mol. The van der Waals surface area contributed by atoms with Crippen LogP contribution in [0.4, 0.5) is 0 Å². The van der Waals surface area contributed by atoms with Crippen molar-refractivity contribution >= 4 is 21.8 Å². The summed E-state index contributed by atoms with van der Waals surface area (Å²) in [5.74, 6) is 2.38. The van der Waals surface area contributed by atoms with E-state index in [-0.39, 0.29) is 21.7 Å². The second kappa shape index (κ2) is 15.6. The minimum absolute atomic E-state index is 0.0178. The molecule has 9 rings (SSSR count). The molecule has 0 fully saturated rings. The Balaban J connectivity index is 1.15. The van der Waals surface area contributed by atoms with Crippen LogP contribution in [0.3, 0.4) is 0 Å². The Hall–Kier alpha value is -6.72. The maximum atomic E-state index is 6.96. The third-order valence-corrected chi connectivity index (χ3v) is 13.0. The smallest absolute Gasteiger partial charge is 0.268 e. The number of fused-ring (bicyclic) bond motifs is 3. The fourth-order valence-electron chi connectivity index (χ4n) is 8.74. The van der Waals surface area contributed by atoms with Crippen molar-refractivity contribution in [1.82, 2.24) is 14.1 Å². The number of hydrogen-bond donors (Lipinski definition) is 0. The number of para-hydroxylation sites is 1. The molecule has 0 aliphatic heterocycles. The van der Waals surface area contributed by atoms with Crippen molar-refractivity contribution in [1.29, 1.82) is 0 Å². The maximum absolute atomic E-state index is 6.96. The SMILES string of the molecule is CC(C)(C)c1cc(-[n+]2[c-]n(-c3cc(Oc4ccc5c6ccccc6n(-c6cc(C(C)(C)C)ccn6)c5c4)cc(C(C)(C)c4ccccc4)c3)cc2)cc(C(C)(C)c2ccccc2)c1. The van der Waals surface area contributed by atoms with Crippen LogP contribution in [0, 0.1) is 6.33 Å². The number of benzene rings is 6. The molecule has 0 radical (unpaired) electrons. The third-order valence-electron chi connectivity index (χ3n) is 13.0. The zero-order valence-electron chi connectivity index (χ0n) is 38.4. The summed E-state index contributed by atoms with van der Waals surface area (Å²) in [6, 6.07) is 54.4. The molecule has 5 heteroatoms. The number of hydrogen-bond acceptors (Lipinski definition) is 2. The Morgan fingerprint density at radius 2 is 1.10 bits per heavy atom. The molecule has 3 heterocycles. The second-order valence-corrected chi connectivity index (χ2v) is 20.1. The summed E-state index contributed by atoms with van der Waals surface area (Å²) in [6.45, 7) is 22.8. The molecule has 0 aliphatic carbocycles. The van der Waals surface area contributed by atoms with Crippen molar-refractivity contribution in [3.8, 4) is 28.7 Å².